The van der Waals surface area contributed by atoms with Gasteiger partial charge in [0.05, 0.1) is 12.5 Å². The van der Waals surface area contributed by atoms with Crippen molar-refractivity contribution in [2.75, 3.05) is 19.6 Å². The molecule has 1 N–H and O–H groups in total. The molecule has 2 rings (SSSR count). The van der Waals surface area contributed by atoms with Crippen molar-refractivity contribution in [1.29, 1.82) is 0 Å². The van der Waals surface area contributed by atoms with E-state index >= 15 is 0 Å². The van der Waals surface area contributed by atoms with Gasteiger partial charge in [0.25, 0.3) is 0 Å². The van der Waals surface area contributed by atoms with Crippen LogP contribution in [0.25, 0.3) is 0 Å². The lowest BCUT2D eigenvalue weighted by atomic mass is 9.97. The van der Waals surface area contributed by atoms with Gasteiger partial charge in [-0.05, 0) is 43.7 Å². The molecule has 0 aliphatic carbocycles. The minimum Gasteiger partial charge on any atom is -0.508 e. The van der Waals surface area contributed by atoms with Crippen molar-refractivity contribution in [3.8, 4) is 5.75 Å². The van der Waals surface area contributed by atoms with E-state index in [0.717, 1.165) is 0 Å². The summed E-state index contributed by atoms with van der Waals surface area (Å²) in [5.41, 5.74) is 0.400. The molecule has 3 nitrogen and oxygen atoms in total. The van der Waals surface area contributed by atoms with Crippen LogP contribution in [-0.2, 0) is 0 Å². The third-order valence-electron chi connectivity index (χ3n) is 3.52. The number of ketones is 1. The fourth-order valence-corrected chi connectivity index (χ4v) is 2.41. The van der Waals surface area contributed by atoms with Gasteiger partial charge in [-0.1, -0.05) is 0 Å². The van der Waals surface area contributed by atoms with Crippen molar-refractivity contribution in [2.45, 2.75) is 19.0 Å². The number of hydrogen-bond donors (Lipinski definition) is 1. The molecule has 0 radical (unpaired) electrons. The van der Waals surface area contributed by atoms with Crippen LogP contribution in [0.2, 0.25) is 0 Å². The van der Waals surface area contributed by atoms with E-state index in [1.54, 1.807) is 4.90 Å². The molecule has 1 atom stereocenters. The molecule has 0 amide bonds. The number of rotatable bonds is 3. The minimum absolute atomic E-state index is 0.0165. The number of phenolic OH excluding ortho intramolecular Hbond substituents is 1. The lowest BCUT2D eigenvalue weighted by Gasteiger charge is -2.33. The van der Waals surface area contributed by atoms with E-state index in [1.165, 1.54) is 24.3 Å². The first-order chi connectivity index (χ1) is 9.36. The lowest BCUT2D eigenvalue weighted by Crippen LogP contribution is -2.43. The van der Waals surface area contributed by atoms with Crippen LogP contribution in [0.3, 0.4) is 0 Å². The topological polar surface area (TPSA) is 40.5 Å². The highest BCUT2D eigenvalue weighted by molar-refractivity contribution is 5.97. The summed E-state index contributed by atoms with van der Waals surface area (Å²) >= 11 is 0. The van der Waals surface area contributed by atoms with Gasteiger partial charge in [-0.15, -0.1) is 0 Å². The zero-order chi connectivity index (χ0) is 14.8. The van der Waals surface area contributed by atoms with Gasteiger partial charge >= 0.3 is 6.18 Å². The second-order valence-corrected chi connectivity index (χ2v) is 5.09. The standard InChI is InChI=1S/C14H16F3NO2/c15-14(16,17)11-2-1-7-18(8-11)9-13(20)10-3-5-12(19)6-4-10/h3-6,11,19H,1-2,7-9H2. The smallest absolute Gasteiger partial charge is 0.393 e. The van der Waals surface area contributed by atoms with Crippen LogP contribution in [-0.4, -0.2) is 41.6 Å². The molecule has 20 heavy (non-hydrogen) atoms. The first kappa shape index (κ1) is 14.8. The van der Waals surface area contributed by atoms with Gasteiger partial charge < -0.3 is 5.11 Å². The van der Waals surface area contributed by atoms with Gasteiger partial charge in [-0.25, -0.2) is 0 Å². The Labute approximate surface area is 115 Å². The maximum atomic E-state index is 12.7. The number of alkyl halides is 3. The number of aromatic hydroxyl groups is 1. The molecular formula is C14H16F3NO2. The number of carbonyl (C=O) groups is 1. The number of hydrogen-bond acceptors (Lipinski definition) is 3. The molecule has 1 aromatic rings. The highest BCUT2D eigenvalue weighted by Crippen LogP contribution is 2.33. The van der Waals surface area contributed by atoms with Crippen molar-refractivity contribution >= 4 is 5.78 Å². The predicted molar refractivity (Wildman–Crippen MR) is 67.7 cm³/mol. The van der Waals surface area contributed by atoms with Crippen LogP contribution in [0.15, 0.2) is 24.3 Å². The molecule has 1 aliphatic rings. The highest BCUT2D eigenvalue weighted by Gasteiger charge is 2.41. The van der Waals surface area contributed by atoms with Crippen LogP contribution in [0.4, 0.5) is 13.2 Å². The van der Waals surface area contributed by atoms with E-state index in [9.17, 15) is 18.0 Å². The largest absolute Gasteiger partial charge is 0.508 e. The third kappa shape index (κ3) is 3.72. The number of carbonyl (C=O) groups excluding carboxylic acids is 1. The maximum Gasteiger partial charge on any atom is 0.393 e. The summed E-state index contributed by atoms with van der Waals surface area (Å²) in [4.78, 5) is 13.5. The van der Waals surface area contributed by atoms with Crippen molar-refractivity contribution in [3.63, 3.8) is 0 Å². The van der Waals surface area contributed by atoms with E-state index in [2.05, 4.69) is 0 Å². The molecule has 1 aliphatic heterocycles. The monoisotopic (exact) mass is 287 g/mol. The normalized spacial score (nSPS) is 20.9. The van der Waals surface area contributed by atoms with E-state index in [-0.39, 0.29) is 31.0 Å². The lowest BCUT2D eigenvalue weighted by molar-refractivity contribution is -0.186. The average molecular weight is 287 g/mol. The molecule has 0 aromatic heterocycles. The molecular weight excluding hydrogens is 271 g/mol. The zero-order valence-electron chi connectivity index (χ0n) is 10.9. The first-order valence-electron chi connectivity index (χ1n) is 6.47. The Kier molecular flexibility index (Phi) is 4.32. The predicted octanol–water partition coefficient (Wildman–Crippen LogP) is 2.85. The number of piperidine rings is 1. The second-order valence-electron chi connectivity index (χ2n) is 5.09. The fourth-order valence-electron chi connectivity index (χ4n) is 2.41. The molecule has 0 spiro atoms. The average Bonchev–Trinajstić information content (AvgIpc) is 2.38. The zero-order valence-corrected chi connectivity index (χ0v) is 10.9. The van der Waals surface area contributed by atoms with E-state index in [4.69, 9.17) is 5.11 Å². The summed E-state index contributed by atoms with van der Waals surface area (Å²) in [6.45, 7) is 0.376. The van der Waals surface area contributed by atoms with Crippen LogP contribution >= 0.6 is 0 Å². The van der Waals surface area contributed by atoms with Gasteiger partial charge in [-0.2, -0.15) is 13.2 Å². The van der Waals surface area contributed by atoms with Crippen LogP contribution in [0.1, 0.15) is 23.2 Å². The van der Waals surface area contributed by atoms with E-state index in [1.807, 2.05) is 0 Å². The van der Waals surface area contributed by atoms with E-state index in [0.29, 0.717) is 18.5 Å². The third-order valence-corrected chi connectivity index (χ3v) is 3.52. The number of benzene rings is 1. The van der Waals surface area contributed by atoms with Crippen molar-refractivity contribution < 1.29 is 23.1 Å². The minimum atomic E-state index is -4.19. The van der Waals surface area contributed by atoms with Crippen molar-refractivity contribution in [3.05, 3.63) is 29.8 Å². The number of nitrogens with zero attached hydrogens (tertiary/aromatic N) is 1. The number of likely N-dealkylation sites (tertiary alicyclic amines) is 1. The molecule has 1 fully saturated rings. The second kappa shape index (κ2) is 5.83. The first-order valence-corrected chi connectivity index (χ1v) is 6.47. The molecule has 1 unspecified atom stereocenters. The van der Waals surface area contributed by atoms with Gasteiger partial charge in [0.15, 0.2) is 5.78 Å². The Bertz CT molecular complexity index is 470. The summed E-state index contributed by atoms with van der Waals surface area (Å²) in [7, 11) is 0. The molecule has 1 heterocycles. The van der Waals surface area contributed by atoms with Gasteiger partial charge in [0, 0.05) is 12.1 Å². The van der Waals surface area contributed by atoms with Crippen molar-refractivity contribution in [2.24, 2.45) is 5.92 Å². The number of halogens is 3. The van der Waals surface area contributed by atoms with E-state index < -0.39 is 12.1 Å². The summed E-state index contributed by atoms with van der Waals surface area (Å²) in [6, 6.07) is 5.73. The van der Waals surface area contributed by atoms with Gasteiger partial charge in [0.1, 0.15) is 5.75 Å². The Hall–Kier alpha value is -1.56. The summed E-state index contributed by atoms with van der Waals surface area (Å²) < 4.78 is 38.0. The Balaban J connectivity index is 1.96. The SMILES string of the molecule is O=C(CN1CCCC(C(F)(F)F)C1)c1ccc(O)cc1. The Morgan fingerprint density at radius 2 is 1.95 bits per heavy atom. The van der Waals surface area contributed by atoms with Crippen LogP contribution in [0, 0.1) is 5.92 Å². The Morgan fingerprint density at radius 3 is 2.55 bits per heavy atom. The van der Waals surface area contributed by atoms with Gasteiger partial charge in [-0.3, -0.25) is 9.69 Å². The summed E-state index contributed by atoms with van der Waals surface area (Å²) in [6.07, 6.45) is -3.61. The molecule has 110 valence electrons. The number of phenols is 1. The molecule has 1 saturated heterocycles. The summed E-state index contributed by atoms with van der Waals surface area (Å²) in [5.74, 6) is -1.52. The fraction of sp³-hybridized carbons (Fsp3) is 0.500. The quantitative estimate of drug-likeness (QED) is 0.869. The van der Waals surface area contributed by atoms with Gasteiger partial charge in [0.2, 0.25) is 0 Å². The molecule has 1 aromatic carbocycles. The maximum absolute atomic E-state index is 12.7. The Morgan fingerprint density at radius 1 is 1.30 bits per heavy atom. The molecule has 6 heteroatoms. The molecule has 0 saturated carbocycles. The van der Waals surface area contributed by atoms with Crippen LogP contribution in [0.5, 0.6) is 5.75 Å². The van der Waals surface area contributed by atoms with Crippen molar-refractivity contribution in [1.82, 2.24) is 4.90 Å². The number of Topliss-reactive ketones (excluding diaryl/α,β-unsaturated/α-hetero) is 1. The molecule has 0 bridgehead atoms. The van der Waals surface area contributed by atoms with Crippen LogP contribution < -0.4 is 0 Å². The summed E-state index contributed by atoms with van der Waals surface area (Å²) in [5, 5.41) is 9.14. The highest BCUT2D eigenvalue weighted by atomic mass is 19.4.